The summed E-state index contributed by atoms with van der Waals surface area (Å²) in [5.74, 6) is -1.12. The molecule has 1 heterocycles. The maximum Gasteiger partial charge on any atom is 0.416 e. The zero-order chi connectivity index (χ0) is 28.2. The summed E-state index contributed by atoms with van der Waals surface area (Å²) in [6.07, 6.45) is 1.07. The summed E-state index contributed by atoms with van der Waals surface area (Å²) in [6.45, 7) is 3.27. The van der Waals surface area contributed by atoms with Crippen molar-refractivity contribution < 1.29 is 27.9 Å². The molecule has 0 radical (unpaired) electrons. The van der Waals surface area contributed by atoms with Crippen LogP contribution in [0.5, 0.6) is 0 Å². The van der Waals surface area contributed by atoms with Gasteiger partial charge < -0.3 is 9.94 Å². The molecule has 39 heavy (non-hydrogen) atoms. The number of hydrogen-bond acceptors (Lipinski definition) is 4. The number of alkyl halides is 5. The van der Waals surface area contributed by atoms with Crippen molar-refractivity contribution in [3.05, 3.63) is 69.8 Å². The Balaban J connectivity index is 1.45. The predicted molar refractivity (Wildman–Crippen MR) is 163 cm³/mol. The Hall–Kier alpha value is -1.41. The molecule has 0 spiro atoms. The van der Waals surface area contributed by atoms with Gasteiger partial charge in [-0.15, -0.1) is 0 Å². The van der Waals surface area contributed by atoms with Gasteiger partial charge >= 0.3 is 12.1 Å². The third kappa shape index (κ3) is 7.46. The predicted octanol–water partition coefficient (Wildman–Crippen LogP) is 7.95. The topological polar surface area (TPSA) is 62.1 Å². The number of carboxylic acid groups (broad SMARTS) is 1. The zero-order valence-electron chi connectivity index (χ0n) is 21.8. The van der Waals surface area contributed by atoms with Gasteiger partial charge in [-0.3, -0.25) is 9.69 Å². The van der Waals surface area contributed by atoms with E-state index in [2.05, 4.69) is 68.2 Å². The van der Waals surface area contributed by atoms with Crippen molar-refractivity contribution in [1.29, 1.82) is 0 Å². The van der Waals surface area contributed by atoms with E-state index in [0.29, 0.717) is 34.4 Å². The van der Waals surface area contributed by atoms with Crippen molar-refractivity contribution >= 4 is 56.9 Å². The normalized spacial score (nSPS) is 21.0. The van der Waals surface area contributed by atoms with Crippen LogP contribution in [0.1, 0.15) is 78.3 Å². The average molecular weight is 768 g/mol. The van der Waals surface area contributed by atoms with Crippen molar-refractivity contribution in [1.82, 2.24) is 4.90 Å². The number of hydrogen-bond donors (Lipinski definition) is 1. The van der Waals surface area contributed by atoms with Gasteiger partial charge in [-0.25, -0.2) is 0 Å². The van der Waals surface area contributed by atoms with Crippen molar-refractivity contribution in [2.24, 2.45) is 11.1 Å². The minimum atomic E-state index is -4.40. The summed E-state index contributed by atoms with van der Waals surface area (Å²) in [5, 5.41) is 13.6. The van der Waals surface area contributed by atoms with Gasteiger partial charge in [0.1, 0.15) is 6.61 Å². The van der Waals surface area contributed by atoms with E-state index in [0.717, 1.165) is 55.2 Å². The molecule has 0 bridgehead atoms. The molecule has 0 aromatic heterocycles. The Morgan fingerprint density at radius 2 is 1.87 bits per heavy atom. The van der Waals surface area contributed by atoms with E-state index in [4.69, 9.17) is 4.84 Å². The van der Waals surface area contributed by atoms with Gasteiger partial charge in [0.15, 0.2) is 0 Å². The Bertz CT molecular complexity index is 1200. The maximum absolute atomic E-state index is 13.9. The Labute approximate surface area is 254 Å². The van der Waals surface area contributed by atoms with Crippen LogP contribution in [0.15, 0.2) is 41.6 Å². The molecule has 1 N–H and O–H groups in total. The maximum atomic E-state index is 13.9. The minimum absolute atomic E-state index is 0.0288. The molecule has 1 aliphatic heterocycles. The Morgan fingerprint density at radius 1 is 1.13 bits per heavy atom. The molecule has 10 heteroatoms. The molecular formula is C29H33F3I2N2O3. The smallest absolute Gasteiger partial charge is 0.416 e. The lowest BCUT2D eigenvalue weighted by Crippen LogP contribution is -2.55. The summed E-state index contributed by atoms with van der Waals surface area (Å²) in [5.41, 5.74) is 4.23. The van der Waals surface area contributed by atoms with Crippen LogP contribution in [0.2, 0.25) is 0 Å². The van der Waals surface area contributed by atoms with Crippen LogP contribution in [0.3, 0.4) is 0 Å². The fourth-order valence-corrected chi connectivity index (χ4v) is 7.00. The molecule has 5 nitrogen and oxygen atoms in total. The van der Waals surface area contributed by atoms with Crippen molar-refractivity contribution in [3.8, 4) is 0 Å². The van der Waals surface area contributed by atoms with E-state index >= 15 is 0 Å². The average Bonchev–Trinajstić information content (AvgIpc) is 2.92. The summed E-state index contributed by atoms with van der Waals surface area (Å²) in [7, 11) is 0. The monoisotopic (exact) mass is 768 g/mol. The van der Waals surface area contributed by atoms with Crippen LogP contribution in [0, 0.1) is 5.92 Å². The third-order valence-electron chi connectivity index (χ3n) is 7.72. The first kappa shape index (κ1) is 30.5. The van der Waals surface area contributed by atoms with Crippen LogP contribution in [-0.2, 0) is 35.4 Å². The third-order valence-corrected chi connectivity index (χ3v) is 10.1. The van der Waals surface area contributed by atoms with Gasteiger partial charge in [-0.05, 0) is 59.6 Å². The first-order valence-electron chi connectivity index (χ1n) is 13.3. The number of benzene rings is 2. The number of rotatable bonds is 10. The van der Waals surface area contributed by atoms with E-state index in [1.807, 2.05) is 12.1 Å². The lowest BCUT2D eigenvalue weighted by atomic mass is 9.81. The van der Waals surface area contributed by atoms with Crippen LogP contribution >= 0.6 is 45.2 Å². The molecule has 2 aromatic rings. The number of carbonyl (C=O) groups is 1. The lowest BCUT2D eigenvalue weighted by molar-refractivity contribution is -0.148. The molecule has 1 aliphatic carbocycles. The standard InChI is InChI=1S/C29H33F3I2N2O3/c1-2-19-13-21(9-10-22(19)15-36-16-24(27(36)34)28(37)38)26(14-33)35-39-17-18-8-11-23(20-6-4-3-5-7-20)25(12-18)29(30,31)32/h8-13,20,24,27H,2-7,14-17H2,1H3,(H,37,38). The summed E-state index contributed by atoms with van der Waals surface area (Å²) >= 11 is 4.40. The Morgan fingerprint density at radius 3 is 2.49 bits per heavy atom. The molecular weight excluding hydrogens is 735 g/mol. The highest BCUT2D eigenvalue weighted by atomic mass is 127. The van der Waals surface area contributed by atoms with E-state index in [9.17, 15) is 23.1 Å². The van der Waals surface area contributed by atoms with Gasteiger partial charge in [0.2, 0.25) is 0 Å². The SMILES string of the molecule is CCc1cc(C(CI)=NOCc2ccc(C3CCCCC3)c(C(F)(F)F)c2)ccc1CN1CC(C(=O)O)C1I. The van der Waals surface area contributed by atoms with Crippen LogP contribution in [-0.4, -0.2) is 36.7 Å². The van der Waals surface area contributed by atoms with E-state index in [1.54, 1.807) is 12.1 Å². The van der Waals surface area contributed by atoms with Crippen LogP contribution in [0.25, 0.3) is 0 Å². The Kier molecular flexibility index (Phi) is 10.6. The van der Waals surface area contributed by atoms with E-state index in [1.165, 1.54) is 6.07 Å². The number of nitrogens with zero attached hydrogens (tertiary/aromatic N) is 2. The van der Waals surface area contributed by atoms with Crippen LogP contribution < -0.4 is 0 Å². The molecule has 2 aliphatic rings. The van der Waals surface area contributed by atoms with Gasteiger partial charge in [0.05, 0.1) is 21.2 Å². The zero-order valence-corrected chi connectivity index (χ0v) is 26.1. The molecule has 2 fully saturated rings. The minimum Gasteiger partial charge on any atom is -0.481 e. The molecule has 0 amide bonds. The number of aliphatic carboxylic acids is 1. The number of halogens is 5. The quantitative estimate of drug-likeness (QED) is 0.0878. The summed E-state index contributed by atoms with van der Waals surface area (Å²) in [6, 6.07) is 10.7. The van der Waals surface area contributed by atoms with Gasteiger partial charge in [-0.1, -0.05) is 101 Å². The summed E-state index contributed by atoms with van der Waals surface area (Å²) < 4.78 is 42.2. The number of carboxylic acids is 1. The highest BCUT2D eigenvalue weighted by Crippen LogP contribution is 2.41. The van der Waals surface area contributed by atoms with Crippen molar-refractivity contribution in [2.45, 2.75) is 74.7 Å². The second kappa shape index (κ2) is 13.5. The molecule has 2 atom stereocenters. The second-order valence-electron chi connectivity index (χ2n) is 10.3. The first-order valence-corrected chi connectivity index (χ1v) is 16.1. The summed E-state index contributed by atoms with van der Waals surface area (Å²) in [4.78, 5) is 19.0. The van der Waals surface area contributed by atoms with Gasteiger partial charge in [0, 0.05) is 23.1 Å². The molecule has 4 rings (SSSR count). The van der Waals surface area contributed by atoms with Crippen molar-refractivity contribution in [3.63, 3.8) is 0 Å². The first-order chi connectivity index (χ1) is 18.6. The lowest BCUT2D eigenvalue weighted by Gasteiger charge is -2.42. The van der Waals surface area contributed by atoms with Crippen molar-refractivity contribution in [2.75, 3.05) is 11.0 Å². The number of oxime groups is 1. The van der Waals surface area contributed by atoms with Crippen LogP contribution in [0.4, 0.5) is 13.2 Å². The molecule has 212 valence electrons. The molecule has 1 saturated heterocycles. The van der Waals surface area contributed by atoms with Gasteiger partial charge in [-0.2, -0.15) is 13.2 Å². The number of likely N-dealkylation sites (tertiary alicyclic amines) is 1. The van der Waals surface area contributed by atoms with Gasteiger partial charge in [0.25, 0.3) is 0 Å². The molecule has 1 saturated carbocycles. The highest BCUT2D eigenvalue weighted by molar-refractivity contribution is 14.1. The fourth-order valence-electron chi connectivity index (χ4n) is 5.46. The largest absolute Gasteiger partial charge is 0.481 e. The number of aryl methyl sites for hydroxylation is 1. The second-order valence-corrected chi connectivity index (χ2v) is 12.3. The highest BCUT2D eigenvalue weighted by Gasteiger charge is 2.42. The van der Waals surface area contributed by atoms with E-state index < -0.39 is 17.7 Å². The fraction of sp³-hybridized carbons (Fsp3) is 0.517. The molecule has 2 unspecified atom stereocenters. The van der Waals surface area contributed by atoms with E-state index in [-0.39, 0.29) is 22.5 Å². The molecule has 2 aromatic carbocycles.